The number of benzene rings is 1. The van der Waals surface area contributed by atoms with Crippen molar-refractivity contribution in [1.29, 1.82) is 5.26 Å². The van der Waals surface area contributed by atoms with Crippen LogP contribution in [-0.4, -0.2) is 10.9 Å². The Bertz CT molecular complexity index is 766. The number of nitrogens with zero attached hydrogens (tertiary/aromatic N) is 2. The second kappa shape index (κ2) is 6.00. The van der Waals surface area contributed by atoms with Gasteiger partial charge in [-0.3, -0.25) is 4.79 Å². The van der Waals surface area contributed by atoms with E-state index in [9.17, 15) is 10.1 Å². The number of rotatable bonds is 5. The average molecular weight is 310 g/mol. The number of anilines is 1. The number of nitrogens with one attached hydrogen (secondary N) is 1. The minimum Gasteiger partial charge on any atom is -0.366 e. The molecule has 3 N–H and O–H groups in total. The standard InChI is InChI=1S/C16H14N4OS/c17-7-12(16-20-14(9-22-16)10-1-2-10)8-19-13-5-3-11(4-6-13)15(18)21/h3-6,8-10,19H,1-2H2,(H2,18,21). The molecule has 0 radical (unpaired) electrons. The summed E-state index contributed by atoms with van der Waals surface area (Å²) in [5.41, 5.74) is 8.00. The van der Waals surface area contributed by atoms with Crippen LogP contribution < -0.4 is 11.1 Å². The Hall–Kier alpha value is -2.65. The molecule has 1 amide bonds. The van der Waals surface area contributed by atoms with Gasteiger partial charge in [-0.1, -0.05) is 0 Å². The summed E-state index contributed by atoms with van der Waals surface area (Å²) < 4.78 is 0. The van der Waals surface area contributed by atoms with Crippen LogP contribution in [0.15, 0.2) is 35.8 Å². The predicted octanol–water partition coefficient (Wildman–Crippen LogP) is 3.10. The molecule has 0 saturated heterocycles. The fourth-order valence-corrected chi connectivity index (χ4v) is 2.87. The third-order valence-corrected chi connectivity index (χ3v) is 4.31. The Labute approximate surface area is 132 Å². The lowest BCUT2D eigenvalue weighted by molar-refractivity contribution is 0.100. The molecule has 3 rings (SSSR count). The Kier molecular flexibility index (Phi) is 3.90. The van der Waals surface area contributed by atoms with Gasteiger partial charge in [0.2, 0.25) is 5.91 Å². The molecule has 0 bridgehead atoms. The number of carbonyl (C=O) groups excluding carboxylic acids is 1. The quantitative estimate of drug-likeness (QED) is 0.830. The van der Waals surface area contributed by atoms with E-state index in [-0.39, 0.29) is 0 Å². The van der Waals surface area contributed by atoms with Crippen LogP contribution in [0.1, 0.15) is 39.8 Å². The molecule has 1 heterocycles. The fourth-order valence-electron chi connectivity index (χ4n) is 2.00. The summed E-state index contributed by atoms with van der Waals surface area (Å²) in [6, 6.07) is 8.92. The first-order valence-corrected chi connectivity index (χ1v) is 7.78. The van der Waals surface area contributed by atoms with Gasteiger partial charge in [0, 0.05) is 28.7 Å². The molecule has 5 nitrogen and oxygen atoms in total. The molecular weight excluding hydrogens is 296 g/mol. The van der Waals surface area contributed by atoms with Crippen LogP contribution in [-0.2, 0) is 0 Å². The first-order valence-electron chi connectivity index (χ1n) is 6.90. The summed E-state index contributed by atoms with van der Waals surface area (Å²) in [5.74, 6) is 0.120. The van der Waals surface area contributed by atoms with Crippen LogP contribution in [0.3, 0.4) is 0 Å². The molecule has 110 valence electrons. The molecule has 1 aromatic carbocycles. The number of nitriles is 1. The van der Waals surface area contributed by atoms with Crippen molar-refractivity contribution in [2.24, 2.45) is 5.73 Å². The number of primary amides is 1. The molecule has 2 aromatic rings. The van der Waals surface area contributed by atoms with Gasteiger partial charge in [-0.2, -0.15) is 5.26 Å². The zero-order valence-corrected chi connectivity index (χ0v) is 12.6. The highest BCUT2D eigenvalue weighted by molar-refractivity contribution is 7.10. The van der Waals surface area contributed by atoms with E-state index in [2.05, 4.69) is 16.4 Å². The molecule has 1 fully saturated rings. The third-order valence-electron chi connectivity index (χ3n) is 3.42. The van der Waals surface area contributed by atoms with E-state index in [1.54, 1.807) is 30.5 Å². The van der Waals surface area contributed by atoms with Gasteiger partial charge in [-0.15, -0.1) is 11.3 Å². The highest BCUT2D eigenvalue weighted by Crippen LogP contribution is 2.40. The van der Waals surface area contributed by atoms with Crippen molar-refractivity contribution in [1.82, 2.24) is 4.98 Å². The van der Waals surface area contributed by atoms with E-state index in [0.717, 1.165) is 16.4 Å². The van der Waals surface area contributed by atoms with Crippen LogP contribution in [0.4, 0.5) is 5.69 Å². The normalized spacial score (nSPS) is 14.4. The SMILES string of the molecule is N#CC(=CNc1ccc(C(N)=O)cc1)c1nc(C2CC2)cs1. The van der Waals surface area contributed by atoms with Crippen molar-refractivity contribution in [3.63, 3.8) is 0 Å². The summed E-state index contributed by atoms with van der Waals surface area (Å²) in [7, 11) is 0. The number of thiazole rings is 1. The van der Waals surface area contributed by atoms with Gasteiger partial charge < -0.3 is 11.1 Å². The van der Waals surface area contributed by atoms with Crippen LogP contribution in [0, 0.1) is 11.3 Å². The lowest BCUT2D eigenvalue weighted by atomic mass is 10.2. The zero-order chi connectivity index (χ0) is 15.5. The van der Waals surface area contributed by atoms with E-state index in [0.29, 0.717) is 17.1 Å². The number of hydrogen-bond donors (Lipinski definition) is 2. The highest BCUT2D eigenvalue weighted by atomic mass is 32.1. The number of nitrogens with two attached hydrogens (primary N) is 1. The van der Waals surface area contributed by atoms with Crippen molar-refractivity contribution < 1.29 is 4.79 Å². The molecular formula is C16H14N4OS. The molecule has 0 spiro atoms. The third kappa shape index (κ3) is 3.15. The molecule has 6 heteroatoms. The summed E-state index contributed by atoms with van der Waals surface area (Å²) in [5, 5.41) is 15.1. The van der Waals surface area contributed by atoms with Crippen molar-refractivity contribution in [2.45, 2.75) is 18.8 Å². The molecule has 1 aromatic heterocycles. The monoisotopic (exact) mass is 310 g/mol. The zero-order valence-electron chi connectivity index (χ0n) is 11.7. The Morgan fingerprint density at radius 1 is 1.41 bits per heavy atom. The summed E-state index contributed by atoms with van der Waals surface area (Å²) >= 11 is 1.49. The topological polar surface area (TPSA) is 91.8 Å². The van der Waals surface area contributed by atoms with Gasteiger partial charge in [-0.25, -0.2) is 4.98 Å². The van der Waals surface area contributed by atoms with Crippen molar-refractivity contribution in [2.75, 3.05) is 5.32 Å². The minimum atomic E-state index is -0.463. The number of carbonyl (C=O) groups is 1. The lowest BCUT2D eigenvalue weighted by Crippen LogP contribution is -2.10. The van der Waals surface area contributed by atoms with E-state index in [1.807, 2.05) is 5.38 Å². The number of hydrogen-bond acceptors (Lipinski definition) is 5. The van der Waals surface area contributed by atoms with Crippen LogP contribution >= 0.6 is 11.3 Å². The van der Waals surface area contributed by atoms with Crippen LogP contribution in [0.25, 0.3) is 5.57 Å². The molecule has 0 unspecified atom stereocenters. The van der Waals surface area contributed by atoms with Gasteiger partial charge in [0.05, 0.1) is 5.69 Å². The van der Waals surface area contributed by atoms with E-state index >= 15 is 0 Å². The smallest absolute Gasteiger partial charge is 0.248 e. The van der Waals surface area contributed by atoms with Gasteiger partial charge in [0.15, 0.2) is 0 Å². The number of aromatic nitrogens is 1. The summed E-state index contributed by atoms with van der Waals surface area (Å²) in [4.78, 5) is 15.5. The van der Waals surface area contributed by atoms with E-state index in [1.165, 1.54) is 24.2 Å². The molecule has 0 aliphatic heterocycles. The van der Waals surface area contributed by atoms with Crippen molar-refractivity contribution in [3.8, 4) is 6.07 Å². The Balaban J connectivity index is 1.73. The van der Waals surface area contributed by atoms with Crippen molar-refractivity contribution in [3.05, 3.63) is 52.1 Å². The summed E-state index contributed by atoms with van der Waals surface area (Å²) in [6.07, 6.45) is 4.02. The van der Waals surface area contributed by atoms with Gasteiger partial charge in [-0.05, 0) is 37.1 Å². The lowest BCUT2D eigenvalue weighted by Gasteiger charge is -2.02. The van der Waals surface area contributed by atoms with E-state index < -0.39 is 5.91 Å². The van der Waals surface area contributed by atoms with Gasteiger partial charge in [0.25, 0.3) is 0 Å². The fraction of sp³-hybridized carbons (Fsp3) is 0.188. The first kappa shape index (κ1) is 14.3. The number of allylic oxidation sites excluding steroid dienone is 1. The van der Waals surface area contributed by atoms with Crippen LogP contribution in [0.2, 0.25) is 0 Å². The molecule has 1 aliphatic rings. The predicted molar refractivity (Wildman–Crippen MR) is 86.3 cm³/mol. The largest absolute Gasteiger partial charge is 0.366 e. The van der Waals surface area contributed by atoms with Crippen LogP contribution in [0.5, 0.6) is 0 Å². The van der Waals surface area contributed by atoms with Gasteiger partial charge in [0.1, 0.15) is 16.6 Å². The summed E-state index contributed by atoms with van der Waals surface area (Å²) in [6.45, 7) is 0. The molecule has 1 saturated carbocycles. The van der Waals surface area contributed by atoms with Gasteiger partial charge >= 0.3 is 0 Å². The second-order valence-electron chi connectivity index (χ2n) is 5.11. The maximum Gasteiger partial charge on any atom is 0.248 e. The second-order valence-corrected chi connectivity index (χ2v) is 5.97. The Morgan fingerprint density at radius 3 is 2.73 bits per heavy atom. The highest BCUT2D eigenvalue weighted by Gasteiger charge is 2.26. The first-order chi connectivity index (χ1) is 10.7. The maximum absolute atomic E-state index is 11.0. The Morgan fingerprint density at radius 2 is 2.14 bits per heavy atom. The molecule has 0 atom stereocenters. The number of amides is 1. The maximum atomic E-state index is 11.0. The molecule has 1 aliphatic carbocycles. The van der Waals surface area contributed by atoms with E-state index in [4.69, 9.17) is 5.73 Å². The van der Waals surface area contributed by atoms with Crippen molar-refractivity contribution >= 4 is 28.5 Å². The average Bonchev–Trinajstić information content (AvgIpc) is 3.27. The minimum absolute atomic E-state index is 0.448. The molecule has 22 heavy (non-hydrogen) atoms.